The number of methoxy groups -OCH3 is 2. The first-order valence-corrected chi connectivity index (χ1v) is 10.6. The number of esters is 1. The van der Waals surface area contributed by atoms with Crippen molar-refractivity contribution >= 4 is 28.6 Å². The van der Waals surface area contributed by atoms with E-state index >= 15 is 0 Å². The minimum Gasteiger partial charge on any atom is -0.496 e. The Hall–Kier alpha value is -3.35. The van der Waals surface area contributed by atoms with Crippen molar-refractivity contribution in [3.8, 4) is 5.75 Å². The minimum absolute atomic E-state index is 0.0670. The summed E-state index contributed by atoms with van der Waals surface area (Å²) >= 11 is 0. The molecule has 2 aromatic carbocycles. The van der Waals surface area contributed by atoms with E-state index in [2.05, 4.69) is 10.3 Å². The van der Waals surface area contributed by atoms with E-state index in [0.717, 1.165) is 35.1 Å². The number of aromatic nitrogens is 2. The lowest BCUT2D eigenvalue weighted by molar-refractivity contribution is -0.117. The molecule has 0 bridgehead atoms. The molecule has 31 heavy (non-hydrogen) atoms. The van der Waals surface area contributed by atoms with E-state index in [4.69, 9.17) is 9.47 Å². The van der Waals surface area contributed by atoms with E-state index in [-0.39, 0.29) is 5.91 Å². The number of anilines is 1. The number of imidazole rings is 1. The molecule has 1 amide bonds. The highest BCUT2D eigenvalue weighted by Crippen LogP contribution is 2.28. The Balaban J connectivity index is 1.54. The summed E-state index contributed by atoms with van der Waals surface area (Å²) in [5.41, 5.74) is 3.87. The van der Waals surface area contributed by atoms with E-state index in [1.165, 1.54) is 20.0 Å². The smallest absolute Gasteiger partial charge is 0.337 e. The number of hydrogen-bond donors (Lipinski definition) is 1. The third kappa shape index (κ3) is 4.71. The van der Waals surface area contributed by atoms with Gasteiger partial charge in [-0.25, -0.2) is 9.78 Å². The SMILES string of the molecule is COC(=O)c1ccc(Cn2cnc3ccc(NC(=O)CC4CCCC4)cc32)c(OC)c1. The molecule has 7 nitrogen and oxygen atoms in total. The third-order valence-electron chi connectivity index (χ3n) is 5.90. The van der Waals surface area contributed by atoms with Crippen LogP contribution in [0.1, 0.15) is 48.0 Å². The highest BCUT2D eigenvalue weighted by molar-refractivity contribution is 5.93. The molecule has 4 rings (SSSR count). The van der Waals surface area contributed by atoms with Crippen LogP contribution in [0.2, 0.25) is 0 Å². The predicted molar refractivity (Wildman–Crippen MR) is 118 cm³/mol. The van der Waals surface area contributed by atoms with E-state index in [9.17, 15) is 9.59 Å². The number of carbonyl (C=O) groups is 2. The molecule has 0 spiro atoms. The summed E-state index contributed by atoms with van der Waals surface area (Å²) in [4.78, 5) is 28.7. The molecule has 0 unspecified atom stereocenters. The lowest BCUT2D eigenvalue weighted by Gasteiger charge is -2.12. The molecule has 7 heteroatoms. The van der Waals surface area contributed by atoms with Gasteiger partial charge in [0.25, 0.3) is 0 Å². The second kappa shape index (κ2) is 9.20. The van der Waals surface area contributed by atoms with Crippen LogP contribution >= 0.6 is 0 Å². The van der Waals surface area contributed by atoms with Crippen molar-refractivity contribution in [1.82, 2.24) is 9.55 Å². The van der Waals surface area contributed by atoms with Crippen molar-refractivity contribution in [2.24, 2.45) is 5.92 Å². The van der Waals surface area contributed by atoms with Crippen LogP contribution in [0.4, 0.5) is 5.69 Å². The minimum atomic E-state index is -0.407. The topological polar surface area (TPSA) is 82.5 Å². The molecular formula is C24H27N3O4. The number of carbonyl (C=O) groups excluding carboxylic acids is 2. The van der Waals surface area contributed by atoms with Crippen LogP contribution in [0.3, 0.4) is 0 Å². The molecule has 1 aliphatic rings. The zero-order valence-electron chi connectivity index (χ0n) is 17.9. The number of amides is 1. The standard InChI is InChI=1S/C24H27N3O4/c1-30-22-12-17(24(29)31-2)7-8-18(22)14-27-15-25-20-10-9-19(13-21(20)27)26-23(28)11-16-5-3-4-6-16/h7-10,12-13,15-16H,3-6,11,14H2,1-2H3,(H,26,28). The zero-order chi connectivity index (χ0) is 21.8. The van der Waals surface area contributed by atoms with Crippen molar-refractivity contribution in [3.05, 3.63) is 53.9 Å². The van der Waals surface area contributed by atoms with Crippen LogP contribution in [0.5, 0.6) is 5.75 Å². The number of nitrogens with zero attached hydrogens (tertiary/aromatic N) is 2. The Morgan fingerprint density at radius 1 is 1.13 bits per heavy atom. The maximum absolute atomic E-state index is 12.4. The molecule has 0 aliphatic heterocycles. The van der Waals surface area contributed by atoms with E-state index < -0.39 is 5.97 Å². The van der Waals surface area contributed by atoms with Gasteiger partial charge in [-0.15, -0.1) is 0 Å². The molecular weight excluding hydrogens is 394 g/mol. The van der Waals surface area contributed by atoms with Crippen LogP contribution in [0.15, 0.2) is 42.7 Å². The lowest BCUT2D eigenvalue weighted by atomic mass is 10.0. The van der Waals surface area contributed by atoms with Gasteiger partial charge in [-0.2, -0.15) is 0 Å². The molecule has 1 fully saturated rings. The summed E-state index contributed by atoms with van der Waals surface area (Å²) in [5.74, 6) is 0.772. The molecule has 162 valence electrons. The summed E-state index contributed by atoms with van der Waals surface area (Å²) in [7, 11) is 2.92. The van der Waals surface area contributed by atoms with Gasteiger partial charge in [0, 0.05) is 17.7 Å². The summed E-state index contributed by atoms with van der Waals surface area (Å²) in [6, 6.07) is 11.0. The third-order valence-corrected chi connectivity index (χ3v) is 5.90. The highest BCUT2D eigenvalue weighted by Gasteiger charge is 2.19. The summed E-state index contributed by atoms with van der Waals surface area (Å²) in [6.07, 6.45) is 7.11. The Morgan fingerprint density at radius 3 is 2.68 bits per heavy atom. The first-order valence-electron chi connectivity index (χ1n) is 10.6. The maximum atomic E-state index is 12.4. The molecule has 1 aromatic heterocycles. The molecule has 0 atom stereocenters. The van der Waals surface area contributed by atoms with E-state index in [1.807, 2.05) is 28.8 Å². The molecule has 0 saturated heterocycles. The Morgan fingerprint density at radius 2 is 1.94 bits per heavy atom. The molecule has 0 radical (unpaired) electrons. The molecule has 1 N–H and O–H groups in total. The highest BCUT2D eigenvalue weighted by atomic mass is 16.5. The predicted octanol–water partition coefficient (Wildman–Crippen LogP) is 4.40. The molecule has 3 aromatic rings. The summed E-state index contributed by atoms with van der Waals surface area (Å²) < 4.78 is 12.3. The van der Waals surface area contributed by atoms with Crippen molar-refractivity contribution < 1.29 is 19.1 Å². The van der Waals surface area contributed by atoms with Gasteiger partial charge in [-0.3, -0.25) is 4.79 Å². The number of nitrogens with one attached hydrogen (secondary N) is 1. The second-order valence-corrected chi connectivity index (χ2v) is 8.00. The van der Waals surface area contributed by atoms with Gasteiger partial charge < -0.3 is 19.4 Å². The van der Waals surface area contributed by atoms with Crippen LogP contribution in [-0.2, 0) is 16.1 Å². The Kier molecular flexibility index (Phi) is 6.21. The average molecular weight is 421 g/mol. The van der Waals surface area contributed by atoms with Gasteiger partial charge in [-0.1, -0.05) is 18.9 Å². The fraction of sp³-hybridized carbons (Fsp3) is 0.375. The lowest BCUT2D eigenvalue weighted by Crippen LogP contribution is -2.15. The normalized spacial score (nSPS) is 14.0. The number of rotatable bonds is 7. The van der Waals surface area contributed by atoms with Crippen LogP contribution in [-0.4, -0.2) is 35.6 Å². The van der Waals surface area contributed by atoms with Gasteiger partial charge in [0.1, 0.15) is 5.75 Å². The van der Waals surface area contributed by atoms with Crippen LogP contribution in [0.25, 0.3) is 11.0 Å². The first kappa shape index (κ1) is 20.9. The van der Waals surface area contributed by atoms with Gasteiger partial charge >= 0.3 is 5.97 Å². The first-order chi connectivity index (χ1) is 15.1. The van der Waals surface area contributed by atoms with Crippen LogP contribution < -0.4 is 10.1 Å². The number of ether oxygens (including phenoxy) is 2. The Labute approximate surface area is 181 Å². The molecule has 1 aliphatic carbocycles. The number of hydrogen-bond acceptors (Lipinski definition) is 5. The van der Waals surface area contributed by atoms with E-state index in [1.54, 1.807) is 25.6 Å². The van der Waals surface area contributed by atoms with Gasteiger partial charge in [0.15, 0.2) is 0 Å². The fourth-order valence-corrected chi connectivity index (χ4v) is 4.25. The maximum Gasteiger partial charge on any atom is 0.337 e. The summed E-state index contributed by atoms with van der Waals surface area (Å²) in [5, 5.41) is 3.03. The van der Waals surface area contributed by atoms with Crippen molar-refractivity contribution in [2.45, 2.75) is 38.6 Å². The quantitative estimate of drug-likeness (QED) is 0.572. The largest absolute Gasteiger partial charge is 0.496 e. The monoisotopic (exact) mass is 421 g/mol. The second-order valence-electron chi connectivity index (χ2n) is 8.00. The average Bonchev–Trinajstić information content (AvgIpc) is 3.43. The van der Waals surface area contributed by atoms with Crippen molar-refractivity contribution in [2.75, 3.05) is 19.5 Å². The molecule has 1 saturated carbocycles. The van der Waals surface area contributed by atoms with Crippen LogP contribution in [0, 0.1) is 5.92 Å². The molecule has 1 heterocycles. The Bertz CT molecular complexity index is 1100. The van der Waals surface area contributed by atoms with E-state index in [0.29, 0.717) is 30.2 Å². The number of benzene rings is 2. The fourth-order valence-electron chi connectivity index (χ4n) is 4.25. The van der Waals surface area contributed by atoms with Gasteiger partial charge in [0.05, 0.1) is 43.7 Å². The van der Waals surface area contributed by atoms with Crippen molar-refractivity contribution in [3.63, 3.8) is 0 Å². The summed E-state index contributed by atoms with van der Waals surface area (Å²) in [6.45, 7) is 0.514. The zero-order valence-corrected chi connectivity index (χ0v) is 17.9. The van der Waals surface area contributed by atoms with Gasteiger partial charge in [0.2, 0.25) is 5.91 Å². The van der Waals surface area contributed by atoms with Crippen molar-refractivity contribution in [1.29, 1.82) is 0 Å². The van der Waals surface area contributed by atoms with Gasteiger partial charge in [-0.05, 0) is 49.1 Å². The number of fused-ring (bicyclic) bond motifs is 1.